The highest BCUT2D eigenvalue weighted by atomic mass is 32.2. The number of carboxylic acids is 1. The second kappa shape index (κ2) is 8.71. The third-order valence-corrected chi connectivity index (χ3v) is 7.84. The summed E-state index contributed by atoms with van der Waals surface area (Å²) in [6, 6.07) is 0. The SMILES string of the molecule is CCCC1=NC2=C(N3CCn4c(nnc4C(F)(F)F)C3)NC(N3CCC[C@H](C(=O)O)C3)=NC2(C)S1. The largest absolute Gasteiger partial charge is 0.481 e. The number of halogens is 3. The molecule has 0 aromatic carbocycles. The number of hydrogen-bond acceptors (Lipinski definition) is 9. The number of aliphatic imine (C=N–C) groups is 2. The minimum Gasteiger partial charge on any atom is -0.481 e. The van der Waals surface area contributed by atoms with Crippen LogP contribution in [-0.2, 0) is 24.1 Å². The number of carbonyl (C=O) groups is 1. The molecule has 14 heteroatoms. The van der Waals surface area contributed by atoms with E-state index in [1.165, 1.54) is 0 Å². The van der Waals surface area contributed by atoms with Crippen LogP contribution in [0.4, 0.5) is 13.2 Å². The summed E-state index contributed by atoms with van der Waals surface area (Å²) in [5.74, 6) is -0.810. The molecular weight excluding hydrogens is 485 g/mol. The standard InChI is InChI=1S/C21H27F3N8O2S/c1-3-5-14-25-15-16(30-8-9-32-13(11-30)28-29-18(32)21(22,23)24)26-19(27-20(15,2)35-14)31-7-4-6-12(10-31)17(33)34/h12H,3-11H2,1-2H3,(H,26,27)(H,33,34)/t12-,20?/m0/s1. The Labute approximate surface area is 204 Å². The Hall–Kier alpha value is -2.77. The molecule has 35 heavy (non-hydrogen) atoms. The van der Waals surface area contributed by atoms with E-state index in [0.29, 0.717) is 37.8 Å². The van der Waals surface area contributed by atoms with Gasteiger partial charge in [0.15, 0.2) is 10.7 Å². The van der Waals surface area contributed by atoms with E-state index in [-0.39, 0.29) is 18.9 Å². The van der Waals surface area contributed by atoms with Gasteiger partial charge < -0.3 is 24.8 Å². The molecule has 1 aromatic heterocycles. The fourth-order valence-corrected chi connectivity index (χ4v) is 6.17. The molecule has 0 amide bonds. The van der Waals surface area contributed by atoms with Gasteiger partial charge in [0.2, 0.25) is 11.8 Å². The zero-order valence-corrected chi connectivity index (χ0v) is 20.3. The zero-order valence-electron chi connectivity index (χ0n) is 19.5. The van der Waals surface area contributed by atoms with Crippen molar-refractivity contribution in [2.24, 2.45) is 15.9 Å². The Balaban J connectivity index is 1.47. The first-order chi connectivity index (χ1) is 16.6. The average Bonchev–Trinajstić information content (AvgIpc) is 3.38. The number of alkyl halides is 3. The Kier molecular flexibility index (Phi) is 5.96. The highest BCUT2D eigenvalue weighted by molar-refractivity contribution is 8.15. The molecule has 0 saturated carbocycles. The third kappa shape index (κ3) is 4.36. The molecule has 4 aliphatic rings. The van der Waals surface area contributed by atoms with Crippen molar-refractivity contribution in [2.45, 2.75) is 63.7 Å². The maximum absolute atomic E-state index is 13.3. The molecule has 10 nitrogen and oxygen atoms in total. The van der Waals surface area contributed by atoms with Crippen molar-refractivity contribution in [3.05, 3.63) is 23.2 Å². The molecule has 1 fully saturated rings. The van der Waals surface area contributed by atoms with Crippen LogP contribution in [-0.4, -0.2) is 71.1 Å². The fraction of sp³-hybridized carbons (Fsp3) is 0.667. The monoisotopic (exact) mass is 512 g/mol. The van der Waals surface area contributed by atoms with Crippen LogP contribution in [0.25, 0.3) is 0 Å². The minimum absolute atomic E-state index is 0.0856. The number of guanidine groups is 1. The van der Waals surface area contributed by atoms with Crippen molar-refractivity contribution < 1.29 is 23.1 Å². The molecule has 2 atom stereocenters. The molecule has 1 unspecified atom stereocenters. The molecule has 0 bridgehead atoms. The highest BCUT2D eigenvalue weighted by Gasteiger charge is 2.46. The molecule has 5 rings (SSSR count). The quantitative estimate of drug-likeness (QED) is 0.634. The normalized spacial score (nSPS) is 26.7. The van der Waals surface area contributed by atoms with Gasteiger partial charge in [-0.1, -0.05) is 25.1 Å². The van der Waals surface area contributed by atoms with Crippen LogP contribution >= 0.6 is 11.8 Å². The van der Waals surface area contributed by atoms with Crippen LogP contribution in [0.1, 0.15) is 51.2 Å². The number of likely N-dealkylation sites (tertiary alicyclic amines) is 1. The van der Waals surface area contributed by atoms with Crippen molar-refractivity contribution in [3.63, 3.8) is 0 Å². The van der Waals surface area contributed by atoms with E-state index in [9.17, 15) is 23.1 Å². The van der Waals surface area contributed by atoms with Gasteiger partial charge in [0, 0.05) is 26.2 Å². The Morgan fingerprint density at radius 3 is 2.77 bits per heavy atom. The van der Waals surface area contributed by atoms with E-state index >= 15 is 0 Å². The van der Waals surface area contributed by atoms with Crippen LogP contribution in [0.15, 0.2) is 21.5 Å². The summed E-state index contributed by atoms with van der Waals surface area (Å²) < 4.78 is 41.0. The van der Waals surface area contributed by atoms with E-state index in [2.05, 4.69) is 22.4 Å². The number of piperidine rings is 1. The van der Waals surface area contributed by atoms with Gasteiger partial charge in [-0.3, -0.25) is 4.79 Å². The number of fused-ring (bicyclic) bond motifs is 2. The highest BCUT2D eigenvalue weighted by Crippen LogP contribution is 2.47. The van der Waals surface area contributed by atoms with E-state index in [1.807, 2.05) is 16.7 Å². The van der Waals surface area contributed by atoms with Crippen molar-refractivity contribution >= 4 is 28.7 Å². The van der Waals surface area contributed by atoms with Crippen molar-refractivity contribution in [1.29, 1.82) is 0 Å². The number of aromatic nitrogens is 3. The van der Waals surface area contributed by atoms with Gasteiger partial charge >= 0.3 is 12.1 Å². The lowest BCUT2D eigenvalue weighted by Crippen LogP contribution is -2.54. The molecule has 2 N–H and O–H groups in total. The Bertz CT molecular complexity index is 1130. The van der Waals surface area contributed by atoms with E-state index < -0.39 is 28.8 Å². The van der Waals surface area contributed by atoms with Crippen LogP contribution in [0.2, 0.25) is 0 Å². The number of carboxylic acid groups (broad SMARTS) is 1. The van der Waals surface area contributed by atoms with Crippen LogP contribution in [0, 0.1) is 5.92 Å². The molecular formula is C21H27F3N8O2S. The van der Waals surface area contributed by atoms with Crippen LogP contribution in [0.5, 0.6) is 0 Å². The second-order valence-corrected chi connectivity index (χ2v) is 10.7. The lowest BCUT2D eigenvalue weighted by molar-refractivity contribution is -0.148. The van der Waals surface area contributed by atoms with E-state index in [0.717, 1.165) is 34.6 Å². The Morgan fingerprint density at radius 1 is 1.26 bits per heavy atom. The van der Waals surface area contributed by atoms with Crippen LogP contribution in [0.3, 0.4) is 0 Å². The second-order valence-electron chi connectivity index (χ2n) is 9.23. The minimum atomic E-state index is -4.56. The predicted molar refractivity (Wildman–Crippen MR) is 123 cm³/mol. The molecule has 1 aromatic rings. The van der Waals surface area contributed by atoms with Crippen LogP contribution < -0.4 is 5.32 Å². The third-order valence-electron chi connectivity index (χ3n) is 6.62. The number of rotatable bonds is 4. The molecule has 1 saturated heterocycles. The molecule has 0 spiro atoms. The molecule has 5 heterocycles. The molecule has 0 aliphatic carbocycles. The first-order valence-electron chi connectivity index (χ1n) is 11.7. The topological polar surface area (TPSA) is 111 Å². The zero-order chi connectivity index (χ0) is 25.0. The van der Waals surface area contributed by atoms with Crippen molar-refractivity contribution in [3.8, 4) is 0 Å². The smallest absolute Gasteiger partial charge is 0.451 e. The lowest BCUT2D eigenvalue weighted by Gasteiger charge is -2.41. The summed E-state index contributed by atoms with van der Waals surface area (Å²) in [4.78, 5) is 24.6. The maximum atomic E-state index is 13.3. The lowest BCUT2D eigenvalue weighted by atomic mass is 9.98. The fourth-order valence-electron chi connectivity index (χ4n) is 4.90. The Morgan fingerprint density at radius 2 is 2.06 bits per heavy atom. The summed E-state index contributed by atoms with van der Waals surface area (Å²) in [6.45, 7) is 5.60. The number of nitrogens with zero attached hydrogens (tertiary/aromatic N) is 7. The van der Waals surface area contributed by atoms with Crippen molar-refractivity contribution in [2.75, 3.05) is 19.6 Å². The van der Waals surface area contributed by atoms with Gasteiger partial charge in [0.25, 0.3) is 0 Å². The van der Waals surface area contributed by atoms with Gasteiger partial charge in [-0.2, -0.15) is 13.2 Å². The number of nitrogens with one attached hydrogen (secondary N) is 1. The summed E-state index contributed by atoms with van der Waals surface area (Å²) in [5.41, 5.74) is 0.727. The summed E-state index contributed by atoms with van der Waals surface area (Å²) >= 11 is 1.57. The van der Waals surface area contributed by atoms with Gasteiger partial charge in [-0.15, -0.1) is 10.2 Å². The van der Waals surface area contributed by atoms with Gasteiger partial charge in [0.05, 0.1) is 17.5 Å². The first-order valence-corrected chi connectivity index (χ1v) is 12.5. The van der Waals surface area contributed by atoms with Gasteiger partial charge in [0.1, 0.15) is 11.5 Å². The number of hydrogen-bond donors (Lipinski definition) is 2. The van der Waals surface area contributed by atoms with Gasteiger partial charge in [-0.05, 0) is 26.2 Å². The number of aliphatic carboxylic acids is 1. The predicted octanol–water partition coefficient (Wildman–Crippen LogP) is 2.70. The molecule has 4 aliphatic heterocycles. The molecule has 190 valence electrons. The average molecular weight is 513 g/mol. The summed E-state index contributed by atoms with van der Waals surface area (Å²) in [5, 5.41) is 21.0. The van der Waals surface area contributed by atoms with Gasteiger partial charge in [-0.25, -0.2) is 9.98 Å². The number of thioether (sulfide) groups is 1. The van der Waals surface area contributed by atoms with E-state index in [4.69, 9.17) is 9.98 Å². The molecule has 0 radical (unpaired) electrons. The maximum Gasteiger partial charge on any atom is 0.451 e. The van der Waals surface area contributed by atoms with E-state index in [1.54, 1.807) is 11.8 Å². The first kappa shape index (κ1) is 23.9. The summed E-state index contributed by atoms with van der Waals surface area (Å²) in [7, 11) is 0. The van der Waals surface area contributed by atoms with Crippen molar-refractivity contribution in [1.82, 2.24) is 29.9 Å². The summed E-state index contributed by atoms with van der Waals surface area (Å²) in [6.07, 6.45) is -1.48.